The number of aliphatic imine (C=N–C) groups is 1. The van der Waals surface area contributed by atoms with Crippen molar-refractivity contribution in [2.24, 2.45) is 10.7 Å². The molecular formula is C22H31N5O2. The molecule has 0 saturated carbocycles. The Bertz CT molecular complexity index is 780. The summed E-state index contributed by atoms with van der Waals surface area (Å²) in [6.45, 7) is 6.25. The summed E-state index contributed by atoms with van der Waals surface area (Å²) in [5, 5.41) is 6.77. The molecule has 0 radical (unpaired) electrons. The van der Waals surface area contributed by atoms with Crippen molar-refractivity contribution in [1.82, 2.24) is 15.5 Å². The Morgan fingerprint density at radius 3 is 2.55 bits per heavy atom. The molecule has 2 heterocycles. The molecule has 0 spiro atoms. The minimum Gasteiger partial charge on any atom is -0.468 e. The number of furan rings is 1. The molecule has 29 heavy (non-hydrogen) atoms. The summed E-state index contributed by atoms with van der Waals surface area (Å²) in [6, 6.07) is 11.4. The number of nitrogens with one attached hydrogen (secondary N) is 2. The maximum atomic E-state index is 11.2. The standard InChI is InChI=1S/C22H31N5O2/c1-2-24-22(25-15-17-8-10-18(11-9-17)21(23)28)26-16-19(20-7-6-14-29-20)27-12-4-3-5-13-27/h6-11,14,19H,2-5,12-13,15-16H2,1H3,(H2,23,28)(H2,24,25,26). The summed E-state index contributed by atoms with van der Waals surface area (Å²) in [5.74, 6) is 1.33. The molecule has 1 aromatic carbocycles. The summed E-state index contributed by atoms with van der Waals surface area (Å²) < 4.78 is 5.72. The lowest BCUT2D eigenvalue weighted by Gasteiger charge is -2.33. The van der Waals surface area contributed by atoms with Crippen LogP contribution in [0, 0.1) is 0 Å². The van der Waals surface area contributed by atoms with Gasteiger partial charge in [-0.15, -0.1) is 0 Å². The minimum atomic E-state index is -0.420. The Kier molecular flexibility index (Phi) is 7.69. The zero-order chi connectivity index (χ0) is 20.5. The van der Waals surface area contributed by atoms with Crippen LogP contribution in [0.5, 0.6) is 0 Å². The largest absolute Gasteiger partial charge is 0.468 e. The number of benzene rings is 1. The molecule has 0 aliphatic carbocycles. The van der Waals surface area contributed by atoms with Gasteiger partial charge in [-0.25, -0.2) is 4.99 Å². The van der Waals surface area contributed by atoms with E-state index in [0.717, 1.165) is 43.5 Å². The second kappa shape index (κ2) is 10.7. The van der Waals surface area contributed by atoms with Crippen molar-refractivity contribution in [3.63, 3.8) is 0 Å². The minimum absolute atomic E-state index is 0.184. The van der Waals surface area contributed by atoms with Crippen LogP contribution in [0.4, 0.5) is 0 Å². The van der Waals surface area contributed by atoms with Crippen molar-refractivity contribution >= 4 is 11.9 Å². The number of hydrogen-bond acceptors (Lipinski definition) is 4. The summed E-state index contributed by atoms with van der Waals surface area (Å²) in [5.41, 5.74) is 6.82. The average Bonchev–Trinajstić information content (AvgIpc) is 3.27. The molecule has 1 saturated heterocycles. The van der Waals surface area contributed by atoms with Gasteiger partial charge in [0.15, 0.2) is 5.96 Å². The first-order chi connectivity index (χ1) is 14.2. The lowest BCUT2D eigenvalue weighted by atomic mass is 10.1. The number of rotatable bonds is 8. The van der Waals surface area contributed by atoms with Gasteiger partial charge in [0.2, 0.25) is 5.91 Å². The zero-order valence-electron chi connectivity index (χ0n) is 17.1. The first-order valence-electron chi connectivity index (χ1n) is 10.4. The molecule has 0 bridgehead atoms. The quantitative estimate of drug-likeness (QED) is 0.470. The maximum Gasteiger partial charge on any atom is 0.248 e. The number of carbonyl (C=O) groups is 1. The molecule has 2 aromatic rings. The van der Waals surface area contributed by atoms with Crippen LogP contribution in [-0.4, -0.2) is 42.9 Å². The van der Waals surface area contributed by atoms with E-state index in [1.165, 1.54) is 19.3 Å². The number of likely N-dealkylation sites (tertiary alicyclic amines) is 1. The van der Waals surface area contributed by atoms with Gasteiger partial charge >= 0.3 is 0 Å². The number of hydrogen-bond donors (Lipinski definition) is 3. The van der Waals surface area contributed by atoms with E-state index < -0.39 is 5.91 Å². The van der Waals surface area contributed by atoms with Gasteiger partial charge in [-0.1, -0.05) is 18.6 Å². The molecule has 7 heteroatoms. The average molecular weight is 398 g/mol. The van der Waals surface area contributed by atoms with Gasteiger partial charge in [-0.05, 0) is 62.7 Å². The van der Waals surface area contributed by atoms with Gasteiger partial charge in [-0.3, -0.25) is 9.69 Å². The van der Waals surface area contributed by atoms with E-state index in [4.69, 9.17) is 10.2 Å². The Labute approximate surface area is 172 Å². The van der Waals surface area contributed by atoms with E-state index in [1.807, 2.05) is 31.2 Å². The van der Waals surface area contributed by atoms with E-state index in [0.29, 0.717) is 12.1 Å². The van der Waals surface area contributed by atoms with Crippen LogP contribution >= 0.6 is 0 Å². The van der Waals surface area contributed by atoms with E-state index >= 15 is 0 Å². The first kappa shape index (κ1) is 20.9. The van der Waals surface area contributed by atoms with E-state index in [1.54, 1.807) is 18.4 Å². The molecular weight excluding hydrogens is 366 g/mol. The smallest absolute Gasteiger partial charge is 0.248 e. The number of nitrogens with zero attached hydrogens (tertiary/aromatic N) is 2. The normalized spacial score (nSPS) is 16.4. The van der Waals surface area contributed by atoms with Gasteiger partial charge in [0.25, 0.3) is 0 Å². The van der Waals surface area contributed by atoms with Crippen molar-refractivity contribution < 1.29 is 9.21 Å². The van der Waals surface area contributed by atoms with E-state index in [2.05, 4.69) is 20.5 Å². The topological polar surface area (TPSA) is 95.9 Å². The molecule has 1 atom stereocenters. The van der Waals surface area contributed by atoms with Crippen molar-refractivity contribution in [2.45, 2.75) is 38.8 Å². The van der Waals surface area contributed by atoms with Gasteiger partial charge in [0.1, 0.15) is 5.76 Å². The van der Waals surface area contributed by atoms with E-state index in [-0.39, 0.29) is 6.04 Å². The third-order valence-electron chi connectivity index (χ3n) is 5.17. The number of nitrogens with two attached hydrogens (primary N) is 1. The lowest BCUT2D eigenvalue weighted by Crippen LogP contribution is -2.44. The highest BCUT2D eigenvalue weighted by molar-refractivity contribution is 5.92. The molecule has 1 unspecified atom stereocenters. The van der Waals surface area contributed by atoms with Gasteiger partial charge in [0.05, 0.1) is 18.8 Å². The van der Waals surface area contributed by atoms with Crippen LogP contribution in [0.1, 0.15) is 53.9 Å². The van der Waals surface area contributed by atoms with Crippen LogP contribution in [0.15, 0.2) is 52.1 Å². The monoisotopic (exact) mass is 397 g/mol. The Hall–Kier alpha value is -2.80. The molecule has 3 rings (SSSR count). The molecule has 4 N–H and O–H groups in total. The van der Waals surface area contributed by atoms with Crippen molar-refractivity contribution in [3.05, 3.63) is 59.5 Å². The summed E-state index contributed by atoms with van der Waals surface area (Å²) in [7, 11) is 0. The molecule has 7 nitrogen and oxygen atoms in total. The summed E-state index contributed by atoms with van der Waals surface area (Å²) in [4.78, 5) is 18.4. The lowest BCUT2D eigenvalue weighted by molar-refractivity contribution is 0.100. The number of guanidine groups is 1. The van der Waals surface area contributed by atoms with Crippen LogP contribution in [0.2, 0.25) is 0 Å². The number of amides is 1. The number of carbonyl (C=O) groups excluding carboxylic acids is 1. The predicted octanol–water partition coefficient (Wildman–Crippen LogP) is 2.66. The Balaban J connectivity index is 1.64. The molecule has 1 aliphatic rings. The molecule has 1 amide bonds. The molecule has 1 aromatic heterocycles. The fourth-order valence-electron chi connectivity index (χ4n) is 3.60. The third kappa shape index (κ3) is 6.09. The second-order valence-corrected chi connectivity index (χ2v) is 7.27. The number of primary amides is 1. The van der Waals surface area contributed by atoms with Crippen LogP contribution < -0.4 is 16.4 Å². The van der Waals surface area contributed by atoms with E-state index in [9.17, 15) is 4.79 Å². The van der Waals surface area contributed by atoms with Crippen molar-refractivity contribution in [3.8, 4) is 0 Å². The SMILES string of the molecule is CCNC(=NCc1ccc(C(N)=O)cc1)NCC(c1ccco1)N1CCCCC1. The Morgan fingerprint density at radius 1 is 1.17 bits per heavy atom. The fraction of sp³-hybridized carbons (Fsp3) is 0.455. The number of piperidine rings is 1. The fourth-order valence-corrected chi connectivity index (χ4v) is 3.60. The van der Waals surface area contributed by atoms with Gasteiger partial charge in [-0.2, -0.15) is 0 Å². The van der Waals surface area contributed by atoms with Gasteiger partial charge < -0.3 is 20.8 Å². The van der Waals surface area contributed by atoms with Crippen LogP contribution in [0.3, 0.4) is 0 Å². The van der Waals surface area contributed by atoms with Gasteiger partial charge in [0, 0.05) is 18.7 Å². The molecule has 1 fully saturated rings. The predicted molar refractivity (Wildman–Crippen MR) is 115 cm³/mol. The van der Waals surface area contributed by atoms with Crippen molar-refractivity contribution in [1.29, 1.82) is 0 Å². The van der Waals surface area contributed by atoms with Crippen LogP contribution in [0.25, 0.3) is 0 Å². The van der Waals surface area contributed by atoms with Crippen molar-refractivity contribution in [2.75, 3.05) is 26.2 Å². The summed E-state index contributed by atoms with van der Waals surface area (Å²) in [6.07, 6.45) is 5.49. The highest BCUT2D eigenvalue weighted by atomic mass is 16.3. The van der Waals surface area contributed by atoms with Crippen LogP contribution in [-0.2, 0) is 6.54 Å². The first-order valence-corrected chi connectivity index (χ1v) is 10.4. The highest BCUT2D eigenvalue weighted by Crippen LogP contribution is 2.24. The molecule has 1 aliphatic heterocycles. The third-order valence-corrected chi connectivity index (χ3v) is 5.17. The highest BCUT2D eigenvalue weighted by Gasteiger charge is 2.24. The summed E-state index contributed by atoms with van der Waals surface area (Å²) >= 11 is 0. The zero-order valence-corrected chi connectivity index (χ0v) is 17.1. The maximum absolute atomic E-state index is 11.2. The molecule has 156 valence electrons. The second-order valence-electron chi connectivity index (χ2n) is 7.27. The Morgan fingerprint density at radius 2 is 1.93 bits per heavy atom.